The lowest BCUT2D eigenvalue weighted by atomic mass is 10.0. The SMILES string of the molecule is CC[C@@H](C)NC(=O)[C@@H](Cc1ccccc1)N(Cc1cccc(Cl)c1)C(=O)CN(c1ccc(Oc2ccccc2)cc1)S(=O)(=O)c1ccccc1. The summed E-state index contributed by atoms with van der Waals surface area (Å²) in [7, 11) is -4.24. The minimum absolute atomic E-state index is 0.0217. The maximum atomic E-state index is 14.7. The van der Waals surface area contributed by atoms with E-state index in [4.69, 9.17) is 16.3 Å². The molecule has 5 aromatic carbocycles. The number of nitrogens with zero attached hydrogens (tertiary/aromatic N) is 2. The van der Waals surface area contributed by atoms with Gasteiger partial charge in [0.15, 0.2) is 0 Å². The van der Waals surface area contributed by atoms with Crippen LogP contribution in [0.4, 0.5) is 5.69 Å². The summed E-state index contributed by atoms with van der Waals surface area (Å²) in [6.45, 7) is 3.32. The molecule has 5 rings (SSSR count). The molecule has 258 valence electrons. The molecule has 0 aliphatic heterocycles. The third-order valence-electron chi connectivity index (χ3n) is 8.23. The van der Waals surface area contributed by atoms with Gasteiger partial charge >= 0.3 is 0 Å². The fraction of sp³-hybridized carbons (Fsp3) is 0.200. The first-order valence-corrected chi connectivity index (χ1v) is 18.2. The summed E-state index contributed by atoms with van der Waals surface area (Å²) in [4.78, 5) is 30.2. The predicted molar refractivity (Wildman–Crippen MR) is 198 cm³/mol. The van der Waals surface area contributed by atoms with E-state index < -0.39 is 28.5 Å². The number of halogens is 1. The molecule has 50 heavy (non-hydrogen) atoms. The Morgan fingerprint density at radius 2 is 1.34 bits per heavy atom. The highest BCUT2D eigenvalue weighted by atomic mass is 35.5. The lowest BCUT2D eigenvalue weighted by molar-refractivity contribution is -0.140. The van der Waals surface area contributed by atoms with E-state index in [0.717, 1.165) is 9.87 Å². The first kappa shape index (κ1) is 36.2. The number of rotatable bonds is 15. The fourth-order valence-electron chi connectivity index (χ4n) is 5.38. The van der Waals surface area contributed by atoms with Gasteiger partial charge in [-0.1, -0.05) is 97.4 Å². The molecule has 0 bridgehead atoms. The molecular formula is C40H40ClN3O5S. The van der Waals surface area contributed by atoms with Crippen molar-refractivity contribution in [3.8, 4) is 11.5 Å². The second kappa shape index (κ2) is 17.0. The quantitative estimate of drug-likeness (QED) is 0.119. The van der Waals surface area contributed by atoms with Crippen molar-refractivity contribution >= 4 is 39.1 Å². The van der Waals surface area contributed by atoms with Crippen LogP contribution < -0.4 is 14.4 Å². The second-order valence-electron chi connectivity index (χ2n) is 11.9. The Bertz CT molecular complexity index is 1960. The summed E-state index contributed by atoms with van der Waals surface area (Å²) in [5.74, 6) is 0.226. The number of carbonyl (C=O) groups excluding carboxylic acids is 2. The number of benzene rings is 5. The summed E-state index contributed by atoms with van der Waals surface area (Å²) in [5.41, 5.74) is 1.80. The van der Waals surface area contributed by atoms with Crippen molar-refractivity contribution in [3.05, 3.63) is 156 Å². The van der Waals surface area contributed by atoms with Crippen molar-refractivity contribution in [1.29, 1.82) is 0 Å². The largest absolute Gasteiger partial charge is 0.457 e. The van der Waals surface area contributed by atoms with Crippen LogP contribution in [0.2, 0.25) is 5.02 Å². The average molecular weight is 710 g/mol. The van der Waals surface area contributed by atoms with Gasteiger partial charge in [0.05, 0.1) is 10.6 Å². The van der Waals surface area contributed by atoms with Crippen molar-refractivity contribution in [1.82, 2.24) is 10.2 Å². The molecule has 0 spiro atoms. The predicted octanol–water partition coefficient (Wildman–Crippen LogP) is 7.88. The normalized spacial score (nSPS) is 12.4. The Kier molecular flexibility index (Phi) is 12.3. The number of sulfonamides is 1. The highest BCUT2D eigenvalue weighted by Crippen LogP contribution is 2.29. The number of amides is 2. The highest BCUT2D eigenvalue weighted by molar-refractivity contribution is 7.92. The van der Waals surface area contributed by atoms with Gasteiger partial charge in [0.25, 0.3) is 10.0 Å². The second-order valence-corrected chi connectivity index (χ2v) is 14.2. The van der Waals surface area contributed by atoms with E-state index in [1.54, 1.807) is 60.7 Å². The Labute approximate surface area is 299 Å². The molecule has 2 amide bonds. The zero-order chi connectivity index (χ0) is 35.5. The fourth-order valence-corrected chi connectivity index (χ4v) is 7.03. The molecule has 0 saturated heterocycles. The van der Waals surface area contributed by atoms with Gasteiger partial charge in [-0.25, -0.2) is 8.42 Å². The third kappa shape index (κ3) is 9.52. The molecule has 0 aliphatic rings. The zero-order valence-electron chi connectivity index (χ0n) is 28.0. The van der Waals surface area contributed by atoms with Gasteiger partial charge in [-0.3, -0.25) is 13.9 Å². The molecule has 0 saturated carbocycles. The van der Waals surface area contributed by atoms with Gasteiger partial charge < -0.3 is 15.0 Å². The standard InChI is InChI=1S/C40H40ClN3O5S/c1-3-30(2)42-40(46)38(27-31-14-7-4-8-15-31)43(28-32-16-13-17-33(41)26-32)39(45)29-44(50(47,48)37-20-11-6-12-21-37)34-22-24-36(25-23-34)49-35-18-9-5-10-19-35/h4-26,30,38H,3,27-29H2,1-2H3,(H,42,46)/t30-,38-/m1/s1. The molecule has 0 aliphatic carbocycles. The maximum absolute atomic E-state index is 14.7. The summed E-state index contributed by atoms with van der Waals surface area (Å²) in [6.07, 6.45) is 0.908. The number of anilines is 1. The van der Waals surface area contributed by atoms with Gasteiger partial charge in [0.1, 0.15) is 24.1 Å². The van der Waals surface area contributed by atoms with Gasteiger partial charge in [-0.2, -0.15) is 0 Å². The van der Waals surface area contributed by atoms with Crippen LogP contribution in [0.5, 0.6) is 11.5 Å². The Hall–Kier alpha value is -5.12. The minimum Gasteiger partial charge on any atom is -0.457 e. The van der Waals surface area contributed by atoms with E-state index in [2.05, 4.69) is 5.32 Å². The summed E-state index contributed by atoms with van der Waals surface area (Å²) in [6, 6.07) is 39.1. The van der Waals surface area contributed by atoms with Crippen molar-refractivity contribution in [2.75, 3.05) is 10.8 Å². The molecule has 10 heteroatoms. The van der Waals surface area contributed by atoms with Crippen molar-refractivity contribution in [3.63, 3.8) is 0 Å². The smallest absolute Gasteiger partial charge is 0.264 e. The third-order valence-corrected chi connectivity index (χ3v) is 10.3. The van der Waals surface area contributed by atoms with Gasteiger partial charge in [-0.05, 0) is 85.1 Å². The van der Waals surface area contributed by atoms with E-state index in [-0.39, 0.29) is 35.5 Å². The topological polar surface area (TPSA) is 96.0 Å². The maximum Gasteiger partial charge on any atom is 0.264 e. The van der Waals surface area contributed by atoms with E-state index in [1.807, 2.05) is 80.6 Å². The van der Waals surface area contributed by atoms with E-state index in [0.29, 0.717) is 28.5 Å². The van der Waals surface area contributed by atoms with E-state index >= 15 is 0 Å². The van der Waals surface area contributed by atoms with Gasteiger partial charge in [0.2, 0.25) is 11.8 Å². The lowest BCUT2D eigenvalue weighted by Gasteiger charge is -2.34. The van der Waals surface area contributed by atoms with E-state index in [9.17, 15) is 18.0 Å². The Balaban J connectivity index is 1.55. The Morgan fingerprint density at radius 1 is 0.760 bits per heavy atom. The number of ether oxygens (including phenoxy) is 1. The molecule has 8 nitrogen and oxygen atoms in total. The lowest BCUT2D eigenvalue weighted by Crippen LogP contribution is -2.54. The Morgan fingerprint density at radius 3 is 1.96 bits per heavy atom. The monoisotopic (exact) mass is 709 g/mol. The number of hydrogen-bond donors (Lipinski definition) is 1. The van der Waals surface area contributed by atoms with Crippen LogP contribution in [-0.2, 0) is 32.6 Å². The summed E-state index contributed by atoms with van der Waals surface area (Å²) >= 11 is 6.34. The van der Waals surface area contributed by atoms with Crippen LogP contribution in [0, 0.1) is 0 Å². The molecule has 0 unspecified atom stereocenters. The van der Waals surface area contributed by atoms with Crippen LogP contribution in [0.3, 0.4) is 0 Å². The molecular weight excluding hydrogens is 670 g/mol. The molecule has 5 aromatic rings. The van der Waals surface area contributed by atoms with Crippen molar-refractivity contribution in [2.45, 2.75) is 50.2 Å². The average Bonchev–Trinajstić information content (AvgIpc) is 3.13. The van der Waals surface area contributed by atoms with Crippen LogP contribution in [0.25, 0.3) is 0 Å². The van der Waals surface area contributed by atoms with Crippen LogP contribution >= 0.6 is 11.6 Å². The number of carbonyl (C=O) groups is 2. The molecule has 0 radical (unpaired) electrons. The van der Waals surface area contributed by atoms with Gasteiger partial charge in [-0.15, -0.1) is 0 Å². The number of hydrogen-bond acceptors (Lipinski definition) is 5. The van der Waals surface area contributed by atoms with Crippen LogP contribution in [-0.4, -0.2) is 43.8 Å². The molecule has 0 heterocycles. The molecule has 1 N–H and O–H groups in total. The summed E-state index contributed by atoms with van der Waals surface area (Å²) < 4.78 is 35.6. The first-order chi connectivity index (χ1) is 24.1. The minimum atomic E-state index is -4.24. The van der Waals surface area contributed by atoms with Crippen molar-refractivity contribution < 1.29 is 22.7 Å². The molecule has 2 atom stereocenters. The highest BCUT2D eigenvalue weighted by Gasteiger charge is 2.35. The summed E-state index contributed by atoms with van der Waals surface area (Å²) in [5, 5.41) is 3.52. The molecule has 0 fully saturated rings. The molecule has 0 aromatic heterocycles. The first-order valence-electron chi connectivity index (χ1n) is 16.4. The van der Waals surface area contributed by atoms with Crippen LogP contribution in [0.1, 0.15) is 31.4 Å². The number of para-hydroxylation sites is 1. The number of nitrogens with one attached hydrogen (secondary N) is 1. The van der Waals surface area contributed by atoms with E-state index in [1.165, 1.54) is 17.0 Å². The van der Waals surface area contributed by atoms with Crippen LogP contribution in [0.15, 0.2) is 144 Å². The van der Waals surface area contributed by atoms with Gasteiger partial charge in [0, 0.05) is 24.0 Å². The van der Waals surface area contributed by atoms with Crippen molar-refractivity contribution in [2.24, 2.45) is 0 Å². The zero-order valence-corrected chi connectivity index (χ0v) is 29.6.